The van der Waals surface area contributed by atoms with Gasteiger partial charge in [-0.3, -0.25) is 4.90 Å². The standard InChI is InChI=1S/C23H26N2O3/c1-16-19(24-23(28-16)17-8-5-4-6-9-17)15-25-13-7-10-20(25)18-11-12-21(26-2)22(14-18)27-3/h4-6,8-9,11-12,14,20H,7,10,13,15H2,1-3H3/t20-/m0/s1. The Morgan fingerprint density at radius 2 is 1.86 bits per heavy atom. The molecule has 5 heteroatoms. The number of methoxy groups -OCH3 is 2. The van der Waals surface area contributed by atoms with Gasteiger partial charge in [0.05, 0.1) is 19.9 Å². The molecule has 1 aromatic heterocycles. The molecule has 146 valence electrons. The number of rotatable bonds is 6. The van der Waals surface area contributed by atoms with Crippen LogP contribution in [0.3, 0.4) is 0 Å². The largest absolute Gasteiger partial charge is 0.493 e. The van der Waals surface area contributed by atoms with Gasteiger partial charge >= 0.3 is 0 Å². The van der Waals surface area contributed by atoms with Crippen molar-refractivity contribution in [2.24, 2.45) is 0 Å². The minimum Gasteiger partial charge on any atom is -0.493 e. The summed E-state index contributed by atoms with van der Waals surface area (Å²) in [6.45, 7) is 3.82. The minimum atomic E-state index is 0.344. The molecule has 4 rings (SSSR count). The van der Waals surface area contributed by atoms with E-state index in [0.29, 0.717) is 11.9 Å². The fourth-order valence-corrected chi connectivity index (χ4v) is 3.92. The zero-order valence-electron chi connectivity index (χ0n) is 16.6. The Labute approximate surface area is 165 Å². The number of aryl methyl sites for hydroxylation is 1. The lowest BCUT2D eigenvalue weighted by atomic mass is 10.0. The van der Waals surface area contributed by atoms with Crippen molar-refractivity contribution in [2.45, 2.75) is 32.4 Å². The van der Waals surface area contributed by atoms with E-state index in [2.05, 4.69) is 17.0 Å². The molecule has 3 aromatic rings. The Balaban J connectivity index is 1.56. The molecule has 1 fully saturated rings. The second-order valence-electron chi connectivity index (χ2n) is 7.13. The van der Waals surface area contributed by atoms with Crippen LogP contribution in [0.4, 0.5) is 0 Å². The molecule has 1 aliphatic heterocycles. The number of likely N-dealkylation sites (tertiary alicyclic amines) is 1. The van der Waals surface area contributed by atoms with Crippen LogP contribution < -0.4 is 9.47 Å². The van der Waals surface area contributed by atoms with Crippen molar-refractivity contribution in [3.05, 3.63) is 65.5 Å². The lowest BCUT2D eigenvalue weighted by Crippen LogP contribution is -2.23. The lowest BCUT2D eigenvalue weighted by Gasteiger charge is -2.24. The van der Waals surface area contributed by atoms with Gasteiger partial charge in [-0.15, -0.1) is 0 Å². The first-order valence-corrected chi connectivity index (χ1v) is 9.67. The van der Waals surface area contributed by atoms with E-state index in [4.69, 9.17) is 18.9 Å². The molecule has 5 nitrogen and oxygen atoms in total. The third-order valence-corrected chi connectivity index (χ3v) is 5.42. The molecule has 2 aromatic carbocycles. The third-order valence-electron chi connectivity index (χ3n) is 5.42. The van der Waals surface area contributed by atoms with Crippen LogP contribution in [0.25, 0.3) is 11.5 Å². The predicted molar refractivity (Wildman–Crippen MR) is 109 cm³/mol. The molecular formula is C23H26N2O3. The van der Waals surface area contributed by atoms with Gasteiger partial charge in [-0.2, -0.15) is 0 Å². The quantitative estimate of drug-likeness (QED) is 0.604. The first kappa shape index (κ1) is 18.6. The van der Waals surface area contributed by atoms with Crippen molar-refractivity contribution in [3.63, 3.8) is 0 Å². The Hall–Kier alpha value is -2.79. The average Bonchev–Trinajstić information content (AvgIpc) is 3.35. The van der Waals surface area contributed by atoms with E-state index >= 15 is 0 Å². The maximum atomic E-state index is 5.94. The van der Waals surface area contributed by atoms with Crippen LogP contribution in [-0.4, -0.2) is 30.6 Å². The van der Waals surface area contributed by atoms with Crippen LogP contribution in [0.2, 0.25) is 0 Å². The number of aromatic nitrogens is 1. The smallest absolute Gasteiger partial charge is 0.226 e. The summed E-state index contributed by atoms with van der Waals surface area (Å²) in [6.07, 6.45) is 2.29. The molecular weight excluding hydrogens is 352 g/mol. The second-order valence-corrected chi connectivity index (χ2v) is 7.13. The maximum Gasteiger partial charge on any atom is 0.226 e. The summed E-state index contributed by atoms with van der Waals surface area (Å²) < 4.78 is 16.8. The summed E-state index contributed by atoms with van der Waals surface area (Å²) in [6, 6.07) is 16.6. The number of hydrogen-bond donors (Lipinski definition) is 0. The lowest BCUT2D eigenvalue weighted by molar-refractivity contribution is 0.243. The second kappa shape index (κ2) is 8.07. The summed E-state index contributed by atoms with van der Waals surface area (Å²) in [7, 11) is 3.34. The molecule has 1 aliphatic rings. The maximum absolute atomic E-state index is 5.94. The number of benzene rings is 2. The van der Waals surface area contributed by atoms with Gasteiger partial charge in [-0.05, 0) is 56.1 Å². The van der Waals surface area contributed by atoms with Gasteiger partial charge in [0.25, 0.3) is 0 Å². The molecule has 0 unspecified atom stereocenters. The normalized spacial score (nSPS) is 17.0. The van der Waals surface area contributed by atoms with Crippen molar-refractivity contribution in [3.8, 4) is 23.0 Å². The molecule has 1 atom stereocenters. The third kappa shape index (κ3) is 3.62. The van der Waals surface area contributed by atoms with E-state index in [1.54, 1.807) is 14.2 Å². The molecule has 0 bridgehead atoms. The van der Waals surface area contributed by atoms with Gasteiger partial charge in [0.15, 0.2) is 11.5 Å². The van der Waals surface area contributed by atoms with E-state index in [-0.39, 0.29) is 0 Å². The predicted octanol–water partition coefficient (Wildman–Crippen LogP) is 5.00. The fourth-order valence-electron chi connectivity index (χ4n) is 3.92. The molecule has 1 saturated heterocycles. The van der Waals surface area contributed by atoms with E-state index in [0.717, 1.165) is 48.0 Å². The van der Waals surface area contributed by atoms with Gasteiger partial charge in [0, 0.05) is 18.2 Å². The van der Waals surface area contributed by atoms with Gasteiger partial charge in [0.1, 0.15) is 5.76 Å². The monoisotopic (exact) mass is 378 g/mol. The summed E-state index contributed by atoms with van der Waals surface area (Å²) in [5, 5.41) is 0. The summed E-state index contributed by atoms with van der Waals surface area (Å²) >= 11 is 0. The highest BCUT2D eigenvalue weighted by atomic mass is 16.5. The zero-order valence-corrected chi connectivity index (χ0v) is 16.6. The molecule has 28 heavy (non-hydrogen) atoms. The van der Waals surface area contributed by atoms with Crippen LogP contribution in [0.1, 0.15) is 35.9 Å². The number of oxazole rings is 1. The van der Waals surface area contributed by atoms with E-state index in [1.807, 2.05) is 43.3 Å². The fraction of sp³-hybridized carbons (Fsp3) is 0.348. The van der Waals surface area contributed by atoms with Crippen molar-refractivity contribution in [1.82, 2.24) is 9.88 Å². The van der Waals surface area contributed by atoms with Crippen molar-refractivity contribution < 1.29 is 13.9 Å². The Bertz CT molecular complexity index is 936. The van der Waals surface area contributed by atoms with Gasteiger partial charge in [0.2, 0.25) is 5.89 Å². The van der Waals surface area contributed by atoms with Crippen LogP contribution in [0.5, 0.6) is 11.5 Å². The number of hydrogen-bond acceptors (Lipinski definition) is 5. The Kier molecular flexibility index (Phi) is 5.35. The highest BCUT2D eigenvalue weighted by molar-refractivity contribution is 5.53. The van der Waals surface area contributed by atoms with Gasteiger partial charge in [-0.25, -0.2) is 4.98 Å². The van der Waals surface area contributed by atoms with E-state index < -0.39 is 0 Å². The molecule has 0 spiro atoms. The first-order valence-electron chi connectivity index (χ1n) is 9.67. The zero-order chi connectivity index (χ0) is 19.5. The minimum absolute atomic E-state index is 0.344. The average molecular weight is 378 g/mol. The topological polar surface area (TPSA) is 47.7 Å². The van der Waals surface area contributed by atoms with Crippen LogP contribution in [-0.2, 0) is 6.54 Å². The number of ether oxygens (including phenoxy) is 2. The van der Waals surface area contributed by atoms with Crippen molar-refractivity contribution in [2.75, 3.05) is 20.8 Å². The summed E-state index contributed by atoms with van der Waals surface area (Å²) in [5.74, 6) is 3.11. The van der Waals surface area contributed by atoms with Crippen LogP contribution in [0.15, 0.2) is 52.9 Å². The molecule has 0 amide bonds. The van der Waals surface area contributed by atoms with Crippen molar-refractivity contribution in [1.29, 1.82) is 0 Å². The Morgan fingerprint density at radius 3 is 2.61 bits per heavy atom. The van der Waals surface area contributed by atoms with E-state index in [1.165, 1.54) is 12.0 Å². The molecule has 0 N–H and O–H groups in total. The van der Waals surface area contributed by atoms with Crippen LogP contribution >= 0.6 is 0 Å². The summed E-state index contributed by atoms with van der Waals surface area (Å²) in [4.78, 5) is 7.25. The number of nitrogens with zero attached hydrogens (tertiary/aromatic N) is 2. The van der Waals surface area contributed by atoms with Crippen molar-refractivity contribution >= 4 is 0 Å². The summed E-state index contributed by atoms with van der Waals surface area (Å²) in [5.41, 5.74) is 3.26. The highest BCUT2D eigenvalue weighted by Crippen LogP contribution is 2.38. The van der Waals surface area contributed by atoms with Gasteiger partial charge in [-0.1, -0.05) is 24.3 Å². The van der Waals surface area contributed by atoms with E-state index in [9.17, 15) is 0 Å². The Morgan fingerprint density at radius 1 is 1.07 bits per heavy atom. The molecule has 0 saturated carbocycles. The van der Waals surface area contributed by atoms with Gasteiger partial charge < -0.3 is 13.9 Å². The molecule has 0 aliphatic carbocycles. The SMILES string of the molecule is COc1ccc([C@@H]2CCCN2Cc2nc(-c3ccccc3)oc2C)cc1OC. The molecule has 2 heterocycles. The first-order chi connectivity index (χ1) is 13.7. The van der Waals surface area contributed by atoms with Crippen LogP contribution in [0, 0.1) is 6.92 Å². The molecule has 0 radical (unpaired) electrons. The highest BCUT2D eigenvalue weighted by Gasteiger charge is 2.28.